The summed E-state index contributed by atoms with van der Waals surface area (Å²) in [5, 5.41) is 3.16. The molecule has 1 fully saturated rings. The van der Waals surface area contributed by atoms with Gasteiger partial charge in [0.1, 0.15) is 0 Å². The first-order valence-electron chi connectivity index (χ1n) is 6.30. The van der Waals surface area contributed by atoms with E-state index in [1.165, 1.54) is 0 Å². The van der Waals surface area contributed by atoms with E-state index in [2.05, 4.69) is 31.2 Å². The minimum Gasteiger partial charge on any atom is -0.341 e. The highest BCUT2D eigenvalue weighted by atomic mass is 16.2. The van der Waals surface area contributed by atoms with Crippen molar-refractivity contribution >= 4 is 5.91 Å². The van der Waals surface area contributed by atoms with Gasteiger partial charge in [0.2, 0.25) is 5.91 Å². The molecule has 0 aliphatic carbocycles. The summed E-state index contributed by atoms with van der Waals surface area (Å²) in [5.41, 5.74) is 0. The molecular weight excluding hydrogens is 202 g/mol. The zero-order chi connectivity index (χ0) is 12.0. The van der Waals surface area contributed by atoms with Gasteiger partial charge in [-0.25, -0.2) is 0 Å². The van der Waals surface area contributed by atoms with Gasteiger partial charge in [-0.05, 0) is 39.9 Å². The molecule has 1 heterocycles. The van der Waals surface area contributed by atoms with Crippen LogP contribution in [0.3, 0.4) is 0 Å². The third kappa shape index (κ3) is 4.10. The van der Waals surface area contributed by atoms with E-state index in [4.69, 9.17) is 0 Å². The Kier molecular flexibility index (Phi) is 5.77. The minimum atomic E-state index is 0.255. The highest BCUT2D eigenvalue weighted by Crippen LogP contribution is 2.13. The molecule has 0 bridgehead atoms. The first kappa shape index (κ1) is 13.5. The molecule has 94 valence electrons. The maximum Gasteiger partial charge on any atom is 0.236 e. The highest BCUT2D eigenvalue weighted by Gasteiger charge is 2.23. The summed E-state index contributed by atoms with van der Waals surface area (Å²) in [5.74, 6) is 0.255. The second-order valence-electron chi connectivity index (χ2n) is 4.75. The lowest BCUT2D eigenvalue weighted by molar-refractivity contribution is -0.131. The van der Waals surface area contributed by atoms with Crippen LogP contribution in [0.15, 0.2) is 0 Å². The van der Waals surface area contributed by atoms with Crippen LogP contribution in [-0.2, 0) is 4.79 Å². The maximum absolute atomic E-state index is 11.8. The van der Waals surface area contributed by atoms with Crippen molar-refractivity contribution in [2.75, 3.05) is 40.3 Å². The summed E-state index contributed by atoms with van der Waals surface area (Å²) in [4.78, 5) is 16.0. The lowest BCUT2D eigenvalue weighted by Crippen LogP contribution is -2.47. The van der Waals surface area contributed by atoms with Gasteiger partial charge in [0, 0.05) is 19.1 Å². The van der Waals surface area contributed by atoms with Crippen LogP contribution in [0.25, 0.3) is 0 Å². The molecule has 1 aliphatic heterocycles. The largest absolute Gasteiger partial charge is 0.341 e. The molecule has 1 saturated heterocycles. The Morgan fingerprint density at radius 2 is 2.00 bits per heavy atom. The molecule has 0 radical (unpaired) electrons. The molecule has 0 spiro atoms. The molecular formula is C12H25N3O. The van der Waals surface area contributed by atoms with Gasteiger partial charge in [0.15, 0.2) is 0 Å². The predicted molar refractivity (Wildman–Crippen MR) is 66.4 cm³/mol. The van der Waals surface area contributed by atoms with Gasteiger partial charge < -0.3 is 15.1 Å². The smallest absolute Gasteiger partial charge is 0.236 e. The number of amides is 1. The van der Waals surface area contributed by atoms with E-state index in [-0.39, 0.29) is 5.91 Å². The Bertz CT molecular complexity index is 210. The van der Waals surface area contributed by atoms with Crippen LogP contribution >= 0.6 is 0 Å². The van der Waals surface area contributed by atoms with E-state index < -0.39 is 0 Å². The fourth-order valence-corrected chi connectivity index (χ4v) is 2.12. The molecule has 1 rings (SSSR count). The normalized spacial score (nSPS) is 18.1. The van der Waals surface area contributed by atoms with Crippen molar-refractivity contribution in [3.05, 3.63) is 0 Å². The number of carbonyl (C=O) groups is 1. The molecule has 0 aromatic heterocycles. The van der Waals surface area contributed by atoms with Crippen LogP contribution < -0.4 is 5.32 Å². The summed E-state index contributed by atoms with van der Waals surface area (Å²) in [7, 11) is 4.23. The van der Waals surface area contributed by atoms with Crippen molar-refractivity contribution in [1.82, 2.24) is 15.1 Å². The van der Waals surface area contributed by atoms with Crippen molar-refractivity contribution in [2.45, 2.75) is 32.2 Å². The SMILES string of the molecule is CCCNCC(=O)N1CCC(N(C)C)CC1. The first-order chi connectivity index (χ1) is 7.65. The summed E-state index contributed by atoms with van der Waals surface area (Å²) >= 11 is 0. The minimum absolute atomic E-state index is 0.255. The van der Waals surface area contributed by atoms with Gasteiger partial charge in [0.05, 0.1) is 6.54 Å². The molecule has 0 saturated carbocycles. The van der Waals surface area contributed by atoms with Crippen molar-refractivity contribution in [3.63, 3.8) is 0 Å². The van der Waals surface area contributed by atoms with Crippen LogP contribution in [0.1, 0.15) is 26.2 Å². The lowest BCUT2D eigenvalue weighted by Gasteiger charge is -2.35. The third-order valence-corrected chi connectivity index (χ3v) is 3.25. The number of piperidine rings is 1. The van der Waals surface area contributed by atoms with E-state index in [1.807, 2.05) is 4.90 Å². The van der Waals surface area contributed by atoms with Gasteiger partial charge in [-0.2, -0.15) is 0 Å². The standard InChI is InChI=1S/C12H25N3O/c1-4-7-13-10-12(16)15-8-5-11(6-9-15)14(2)3/h11,13H,4-10H2,1-3H3. The van der Waals surface area contributed by atoms with Crippen LogP contribution in [0.4, 0.5) is 0 Å². The predicted octanol–water partition coefficient (Wildman–Crippen LogP) is 0.539. The third-order valence-electron chi connectivity index (χ3n) is 3.25. The molecule has 16 heavy (non-hydrogen) atoms. The topological polar surface area (TPSA) is 35.6 Å². The Hall–Kier alpha value is -0.610. The molecule has 1 amide bonds. The molecule has 0 aromatic rings. The summed E-state index contributed by atoms with van der Waals surface area (Å²) in [6.07, 6.45) is 3.29. The van der Waals surface area contributed by atoms with E-state index in [0.29, 0.717) is 12.6 Å². The average molecular weight is 227 g/mol. The molecule has 1 aliphatic rings. The second kappa shape index (κ2) is 6.86. The fourth-order valence-electron chi connectivity index (χ4n) is 2.12. The Morgan fingerprint density at radius 3 is 2.50 bits per heavy atom. The van der Waals surface area contributed by atoms with Gasteiger partial charge in [-0.15, -0.1) is 0 Å². The van der Waals surface area contributed by atoms with Crippen molar-refractivity contribution in [3.8, 4) is 0 Å². The summed E-state index contributed by atoms with van der Waals surface area (Å²) < 4.78 is 0. The number of rotatable bonds is 5. The van der Waals surface area contributed by atoms with Crippen LogP contribution in [0.5, 0.6) is 0 Å². The first-order valence-corrected chi connectivity index (χ1v) is 6.30. The quantitative estimate of drug-likeness (QED) is 0.696. The van der Waals surface area contributed by atoms with Crippen molar-refractivity contribution < 1.29 is 4.79 Å². The number of likely N-dealkylation sites (tertiary alicyclic amines) is 1. The number of hydrogen-bond acceptors (Lipinski definition) is 3. The maximum atomic E-state index is 11.8. The van der Waals surface area contributed by atoms with E-state index in [9.17, 15) is 4.79 Å². The summed E-state index contributed by atoms with van der Waals surface area (Å²) in [6.45, 7) is 5.37. The van der Waals surface area contributed by atoms with Crippen molar-refractivity contribution in [1.29, 1.82) is 0 Å². The number of nitrogens with zero attached hydrogens (tertiary/aromatic N) is 2. The second-order valence-corrected chi connectivity index (χ2v) is 4.75. The van der Waals surface area contributed by atoms with Gasteiger partial charge in [-0.3, -0.25) is 4.79 Å². The Labute approximate surface area is 99.0 Å². The fraction of sp³-hybridized carbons (Fsp3) is 0.917. The summed E-state index contributed by atoms with van der Waals surface area (Å²) in [6, 6.07) is 0.646. The van der Waals surface area contributed by atoms with Crippen molar-refractivity contribution in [2.24, 2.45) is 0 Å². The monoisotopic (exact) mass is 227 g/mol. The molecule has 0 unspecified atom stereocenters. The van der Waals surface area contributed by atoms with Gasteiger partial charge in [-0.1, -0.05) is 6.92 Å². The van der Waals surface area contributed by atoms with Crippen LogP contribution in [-0.4, -0.2) is 62.0 Å². The van der Waals surface area contributed by atoms with E-state index >= 15 is 0 Å². The molecule has 4 nitrogen and oxygen atoms in total. The van der Waals surface area contributed by atoms with E-state index in [1.54, 1.807) is 0 Å². The average Bonchev–Trinajstić information content (AvgIpc) is 2.29. The lowest BCUT2D eigenvalue weighted by atomic mass is 10.0. The van der Waals surface area contributed by atoms with E-state index in [0.717, 1.165) is 38.9 Å². The van der Waals surface area contributed by atoms with Gasteiger partial charge in [0.25, 0.3) is 0 Å². The molecule has 1 N–H and O–H groups in total. The Morgan fingerprint density at radius 1 is 1.38 bits per heavy atom. The Balaban J connectivity index is 2.22. The molecule has 0 atom stereocenters. The molecule has 0 aromatic carbocycles. The molecule has 4 heteroatoms. The zero-order valence-corrected chi connectivity index (χ0v) is 10.8. The zero-order valence-electron chi connectivity index (χ0n) is 10.8. The van der Waals surface area contributed by atoms with Gasteiger partial charge >= 0.3 is 0 Å². The number of hydrogen-bond donors (Lipinski definition) is 1. The highest BCUT2D eigenvalue weighted by molar-refractivity contribution is 5.78. The van der Waals surface area contributed by atoms with Crippen LogP contribution in [0, 0.1) is 0 Å². The number of carbonyl (C=O) groups excluding carboxylic acids is 1. The van der Waals surface area contributed by atoms with Crippen LogP contribution in [0.2, 0.25) is 0 Å². The number of nitrogens with one attached hydrogen (secondary N) is 1.